The van der Waals surface area contributed by atoms with Gasteiger partial charge in [0.1, 0.15) is 0 Å². The minimum Gasteiger partial charge on any atom is -0.310 e. The summed E-state index contributed by atoms with van der Waals surface area (Å²) in [4.78, 5) is 4.73. The molecular formula is C43H31N3. The van der Waals surface area contributed by atoms with Gasteiger partial charge < -0.3 is 14.4 Å². The van der Waals surface area contributed by atoms with E-state index < -0.39 is 0 Å². The van der Waals surface area contributed by atoms with Crippen LogP contribution in [-0.2, 0) is 6.42 Å². The van der Waals surface area contributed by atoms with E-state index in [0.717, 1.165) is 34.9 Å². The van der Waals surface area contributed by atoms with E-state index in [4.69, 9.17) is 0 Å². The Labute approximate surface area is 268 Å². The Hall–Kier alpha value is -6.06. The molecule has 0 spiro atoms. The van der Waals surface area contributed by atoms with Crippen LogP contribution in [-0.4, -0.2) is 4.57 Å². The standard InChI is InChI=1S/C43H31N3/c1-3-15-33(16-4-1)44(34-17-5-2-6-18-34)37-27-28-39-38-19-9-12-22-42(38)46(43(39)30-37)36-25-23-35(24-26-36)45-40-20-10-7-13-31(40)29-32-14-8-11-21-41(32)45/h1-28,30H,29H2. The molecule has 0 radical (unpaired) electrons. The zero-order valence-electron chi connectivity index (χ0n) is 25.3. The zero-order valence-corrected chi connectivity index (χ0v) is 25.3. The third-order valence-electron chi connectivity index (χ3n) is 9.16. The quantitative estimate of drug-likeness (QED) is 0.198. The van der Waals surface area contributed by atoms with Crippen LogP contribution in [0.2, 0.25) is 0 Å². The fourth-order valence-electron chi connectivity index (χ4n) is 7.10. The van der Waals surface area contributed by atoms with Gasteiger partial charge in [-0.2, -0.15) is 0 Å². The first-order chi connectivity index (χ1) is 22.8. The normalized spacial score (nSPS) is 12.2. The highest BCUT2D eigenvalue weighted by molar-refractivity contribution is 6.10. The van der Waals surface area contributed by atoms with Crippen LogP contribution in [0, 0.1) is 0 Å². The molecule has 0 saturated carbocycles. The second kappa shape index (κ2) is 10.8. The summed E-state index contributed by atoms with van der Waals surface area (Å²) in [5, 5.41) is 2.49. The lowest BCUT2D eigenvalue weighted by molar-refractivity contribution is 1.08. The maximum atomic E-state index is 2.41. The van der Waals surface area contributed by atoms with E-state index in [-0.39, 0.29) is 0 Å². The van der Waals surface area contributed by atoms with E-state index >= 15 is 0 Å². The van der Waals surface area contributed by atoms with Crippen molar-refractivity contribution in [1.29, 1.82) is 0 Å². The average molecular weight is 590 g/mol. The van der Waals surface area contributed by atoms with E-state index in [1.54, 1.807) is 0 Å². The molecule has 3 nitrogen and oxygen atoms in total. The van der Waals surface area contributed by atoms with Crippen molar-refractivity contribution in [2.24, 2.45) is 0 Å². The van der Waals surface area contributed by atoms with Crippen molar-refractivity contribution >= 4 is 55.9 Å². The first-order valence-electron chi connectivity index (χ1n) is 15.8. The number of benzene rings is 7. The number of rotatable bonds is 5. The van der Waals surface area contributed by atoms with Crippen molar-refractivity contribution in [3.05, 3.63) is 187 Å². The van der Waals surface area contributed by atoms with Crippen molar-refractivity contribution < 1.29 is 0 Å². The zero-order chi connectivity index (χ0) is 30.5. The lowest BCUT2D eigenvalue weighted by Crippen LogP contribution is -2.18. The second-order valence-electron chi connectivity index (χ2n) is 11.8. The summed E-state index contributed by atoms with van der Waals surface area (Å²) in [5.74, 6) is 0. The monoisotopic (exact) mass is 589 g/mol. The second-order valence-corrected chi connectivity index (χ2v) is 11.8. The molecule has 9 rings (SSSR count). The van der Waals surface area contributed by atoms with E-state index in [2.05, 4.69) is 190 Å². The van der Waals surface area contributed by atoms with Crippen LogP contribution >= 0.6 is 0 Å². The number of anilines is 6. The van der Waals surface area contributed by atoms with Gasteiger partial charge in [-0.25, -0.2) is 0 Å². The van der Waals surface area contributed by atoms with E-state index in [1.165, 1.54) is 44.3 Å². The van der Waals surface area contributed by atoms with Crippen LogP contribution in [0.4, 0.5) is 34.1 Å². The first kappa shape index (κ1) is 26.4. The lowest BCUT2D eigenvalue weighted by atomic mass is 9.95. The Morgan fingerprint density at radius 1 is 0.391 bits per heavy atom. The molecule has 0 amide bonds. The molecule has 46 heavy (non-hydrogen) atoms. The number of para-hydroxylation sites is 5. The summed E-state index contributed by atoms with van der Waals surface area (Å²) in [6.45, 7) is 0. The summed E-state index contributed by atoms with van der Waals surface area (Å²) in [5.41, 5.74) is 13.2. The maximum absolute atomic E-state index is 2.41. The van der Waals surface area contributed by atoms with Gasteiger partial charge >= 0.3 is 0 Å². The Morgan fingerprint density at radius 2 is 0.913 bits per heavy atom. The number of nitrogens with zero attached hydrogens (tertiary/aromatic N) is 3. The van der Waals surface area contributed by atoms with Gasteiger partial charge in [0.15, 0.2) is 0 Å². The lowest BCUT2D eigenvalue weighted by Gasteiger charge is -2.33. The minimum atomic E-state index is 0.952. The van der Waals surface area contributed by atoms with Gasteiger partial charge in [0, 0.05) is 57.0 Å². The SMILES string of the molecule is c1ccc(N(c2ccccc2)c2ccc3c4ccccc4n(-c4ccc(N5c6ccccc6Cc6ccccc65)cc4)c3c2)cc1. The molecule has 1 aliphatic heterocycles. The predicted molar refractivity (Wildman–Crippen MR) is 193 cm³/mol. The summed E-state index contributed by atoms with van der Waals surface area (Å²) in [6.07, 6.45) is 0.952. The highest BCUT2D eigenvalue weighted by Crippen LogP contribution is 2.44. The molecule has 2 heterocycles. The highest BCUT2D eigenvalue weighted by Gasteiger charge is 2.24. The van der Waals surface area contributed by atoms with Gasteiger partial charge in [-0.05, 0) is 90.0 Å². The third kappa shape index (κ3) is 4.28. The molecule has 1 aliphatic rings. The van der Waals surface area contributed by atoms with Crippen LogP contribution in [0.5, 0.6) is 0 Å². The Balaban J connectivity index is 1.21. The number of aromatic nitrogens is 1. The Kier molecular flexibility index (Phi) is 6.20. The van der Waals surface area contributed by atoms with Crippen molar-refractivity contribution in [2.75, 3.05) is 9.80 Å². The molecule has 218 valence electrons. The molecule has 0 bridgehead atoms. The smallest absolute Gasteiger partial charge is 0.0561 e. The molecule has 0 fully saturated rings. The Bertz CT molecular complexity index is 2250. The third-order valence-corrected chi connectivity index (χ3v) is 9.16. The van der Waals surface area contributed by atoms with E-state index in [9.17, 15) is 0 Å². The Morgan fingerprint density at radius 3 is 1.57 bits per heavy atom. The predicted octanol–water partition coefficient (Wildman–Crippen LogP) is 11.6. The van der Waals surface area contributed by atoms with Crippen molar-refractivity contribution in [1.82, 2.24) is 4.57 Å². The molecule has 7 aromatic carbocycles. The minimum absolute atomic E-state index is 0.952. The van der Waals surface area contributed by atoms with Crippen LogP contribution in [0.1, 0.15) is 11.1 Å². The molecule has 0 saturated heterocycles. The molecule has 0 unspecified atom stereocenters. The summed E-state index contributed by atoms with van der Waals surface area (Å²) in [6, 6.07) is 63.4. The van der Waals surface area contributed by atoms with Gasteiger partial charge in [0.05, 0.1) is 11.0 Å². The molecule has 3 heteroatoms. The summed E-state index contributed by atoms with van der Waals surface area (Å²) >= 11 is 0. The fourth-order valence-corrected chi connectivity index (χ4v) is 7.10. The van der Waals surface area contributed by atoms with Gasteiger partial charge in [-0.3, -0.25) is 0 Å². The van der Waals surface area contributed by atoms with Crippen LogP contribution < -0.4 is 9.80 Å². The van der Waals surface area contributed by atoms with Gasteiger partial charge in [0.2, 0.25) is 0 Å². The average Bonchev–Trinajstić information content (AvgIpc) is 3.45. The van der Waals surface area contributed by atoms with Gasteiger partial charge in [-0.15, -0.1) is 0 Å². The van der Waals surface area contributed by atoms with Crippen LogP contribution in [0.15, 0.2) is 176 Å². The summed E-state index contributed by atoms with van der Waals surface area (Å²) in [7, 11) is 0. The molecular weight excluding hydrogens is 558 g/mol. The topological polar surface area (TPSA) is 11.4 Å². The van der Waals surface area contributed by atoms with E-state index in [1.807, 2.05) is 0 Å². The van der Waals surface area contributed by atoms with Gasteiger partial charge in [-0.1, -0.05) is 97.1 Å². The molecule has 0 atom stereocenters. The number of hydrogen-bond donors (Lipinski definition) is 0. The molecule has 1 aromatic heterocycles. The van der Waals surface area contributed by atoms with Crippen molar-refractivity contribution in [2.45, 2.75) is 6.42 Å². The highest BCUT2D eigenvalue weighted by atomic mass is 15.2. The molecule has 0 aliphatic carbocycles. The van der Waals surface area contributed by atoms with Crippen LogP contribution in [0.3, 0.4) is 0 Å². The van der Waals surface area contributed by atoms with Crippen molar-refractivity contribution in [3.63, 3.8) is 0 Å². The van der Waals surface area contributed by atoms with Crippen molar-refractivity contribution in [3.8, 4) is 5.69 Å². The van der Waals surface area contributed by atoms with E-state index in [0.29, 0.717) is 0 Å². The first-order valence-corrected chi connectivity index (χ1v) is 15.8. The largest absolute Gasteiger partial charge is 0.310 e. The van der Waals surface area contributed by atoms with Crippen LogP contribution in [0.25, 0.3) is 27.5 Å². The maximum Gasteiger partial charge on any atom is 0.0561 e. The van der Waals surface area contributed by atoms with Gasteiger partial charge in [0.25, 0.3) is 0 Å². The number of fused-ring (bicyclic) bond motifs is 5. The number of hydrogen-bond acceptors (Lipinski definition) is 2. The molecule has 0 N–H and O–H groups in total. The fraction of sp³-hybridized carbons (Fsp3) is 0.0233. The molecule has 8 aromatic rings. The summed E-state index contributed by atoms with van der Waals surface area (Å²) < 4.78 is 2.41.